The quantitative estimate of drug-likeness (QED) is 0.235. The number of halogens is 1. The lowest BCUT2D eigenvalue weighted by Gasteiger charge is -2.38. The molecule has 2 N–H and O–H groups in total. The Balaban J connectivity index is 0.810. The highest BCUT2D eigenvalue weighted by atomic mass is 35.5. The predicted octanol–water partition coefficient (Wildman–Crippen LogP) is 5.64. The molecule has 3 aromatic rings. The van der Waals surface area contributed by atoms with Crippen molar-refractivity contribution >= 4 is 52.5 Å². The molecule has 0 spiro atoms. The number of fused-ring (bicyclic) bond motifs is 2. The number of hydrogen-bond donors (Lipinski definition) is 2. The number of carbonyl (C=O) groups excluding carboxylic acids is 5. The number of amides is 5. The molecule has 4 aliphatic heterocycles. The summed E-state index contributed by atoms with van der Waals surface area (Å²) in [6.07, 6.45) is 4.58. The zero-order valence-electron chi connectivity index (χ0n) is 30.0. The summed E-state index contributed by atoms with van der Waals surface area (Å²) < 4.78 is 6.21. The van der Waals surface area contributed by atoms with Crippen molar-refractivity contribution in [2.75, 3.05) is 18.0 Å². The summed E-state index contributed by atoms with van der Waals surface area (Å²) in [5.74, 6) is -1.13. The summed E-state index contributed by atoms with van der Waals surface area (Å²) in [7, 11) is 0. The summed E-state index contributed by atoms with van der Waals surface area (Å²) in [5.41, 5.74) is 4.84. The van der Waals surface area contributed by atoms with Crippen LogP contribution in [0.25, 0.3) is 4.85 Å². The van der Waals surface area contributed by atoms with Gasteiger partial charge in [0.05, 0.1) is 22.7 Å². The van der Waals surface area contributed by atoms with Gasteiger partial charge in [-0.2, -0.15) is 0 Å². The van der Waals surface area contributed by atoms with Crippen LogP contribution >= 0.6 is 11.6 Å². The van der Waals surface area contributed by atoms with Crippen LogP contribution in [0.15, 0.2) is 54.6 Å². The Kier molecular flexibility index (Phi) is 9.62. The number of rotatable bonds is 7. The standard InChI is InChI=1S/C41H41ClN6O6/c1-23-17-27(5-11-36(23)54-30-8-9-34(43-2)33(42)20-30)44-38(50)24-3-6-28(7-4-24)46-15-13-29(14-16-46)47-21-25-18-31-32(19-26(25)22-47)41(53)48(40(31)52)35-10-12-37(49)45-39(35)51/h3-4,6-9,18-20,23,27,29,35-36H,5,10-17,21-22H2,1H3,(H,44,50)(H,45,49,51)/t23-,27+,35?,36+/m0/s1. The van der Waals surface area contributed by atoms with Gasteiger partial charge in [0, 0.05) is 55.9 Å². The molecular formula is C41H41ClN6O6. The minimum atomic E-state index is -0.967. The molecule has 3 aromatic carbocycles. The highest BCUT2D eigenvalue weighted by molar-refractivity contribution is 6.33. The summed E-state index contributed by atoms with van der Waals surface area (Å²) in [6, 6.07) is 16.1. The summed E-state index contributed by atoms with van der Waals surface area (Å²) in [4.78, 5) is 73.1. The minimum Gasteiger partial charge on any atom is -0.490 e. The summed E-state index contributed by atoms with van der Waals surface area (Å²) in [5, 5.41) is 5.85. The van der Waals surface area contributed by atoms with E-state index in [2.05, 4.69) is 32.2 Å². The van der Waals surface area contributed by atoms with E-state index >= 15 is 0 Å². The average Bonchev–Trinajstić information content (AvgIpc) is 3.69. The SMILES string of the molecule is [C-]#[N+]c1ccc(O[C@@H]2CC[C@@H](NC(=O)c3ccc(N4CCC(N5Cc6cc7c(cc6C5)C(=O)N(C5CCC(=O)NC5=O)C7=O)CC4)cc3)C[C@@H]2C)cc1Cl. The molecule has 0 aromatic heterocycles. The zero-order chi connectivity index (χ0) is 37.7. The molecule has 4 atom stereocenters. The molecule has 12 nitrogen and oxygen atoms in total. The van der Waals surface area contributed by atoms with Gasteiger partial charge < -0.3 is 15.0 Å². The third kappa shape index (κ3) is 6.82. The van der Waals surface area contributed by atoms with Crippen molar-refractivity contribution in [2.45, 2.75) is 89.2 Å². The van der Waals surface area contributed by atoms with E-state index in [0.717, 1.165) is 66.9 Å². The second-order valence-corrected chi connectivity index (χ2v) is 15.5. The Labute approximate surface area is 318 Å². The lowest BCUT2D eigenvalue weighted by atomic mass is 9.84. The average molecular weight is 749 g/mol. The Morgan fingerprint density at radius 3 is 2.20 bits per heavy atom. The first-order valence-electron chi connectivity index (χ1n) is 18.7. The second kappa shape index (κ2) is 14.5. The molecule has 13 heteroatoms. The van der Waals surface area contributed by atoms with Crippen LogP contribution in [0.5, 0.6) is 5.75 Å². The fourth-order valence-electron chi connectivity index (χ4n) is 8.74. The third-order valence-corrected chi connectivity index (χ3v) is 12.0. The van der Waals surface area contributed by atoms with Crippen LogP contribution in [-0.4, -0.2) is 76.7 Å². The number of ether oxygens (including phenoxy) is 1. The van der Waals surface area contributed by atoms with Crippen LogP contribution in [0.4, 0.5) is 11.4 Å². The molecule has 1 saturated carbocycles. The highest BCUT2D eigenvalue weighted by Crippen LogP contribution is 2.36. The fourth-order valence-corrected chi connectivity index (χ4v) is 8.95. The molecule has 1 unspecified atom stereocenters. The van der Waals surface area contributed by atoms with E-state index in [1.807, 2.05) is 36.4 Å². The van der Waals surface area contributed by atoms with E-state index in [1.54, 1.807) is 18.2 Å². The molecule has 54 heavy (non-hydrogen) atoms. The van der Waals surface area contributed by atoms with E-state index in [-0.39, 0.29) is 36.8 Å². The third-order valence-electron chi connectivity index (χ3n) is 11.7. The normalized spacial score (nSPS) is 24.5. The van der Waals surface area contributed by atoms with Crippen LogP contribution in [-0.2, 0) is 22.7 Å². The van der Waals surface area contributed by atoms with E-state index in [1.165, 1.54) is 0 Å². The van der Waals surface area contributed by atoms with Crippen molar-refractivity contribution in [2.24, 2.45) is 5.92 Å². The zero-order valence-corrected chi connectivity index (χ0v) is 30.7. The van der Waals surface area contributed by atoms with E-state index < -0.39 is 29.7 Å². The van der Waals surface area contributed by atoms with Gasteiger partial charge in [0.15, 0.2) is 0 Å². The number of nitrogens with zero attached hydrogens (tertiary/aromatic N) is 4. The Bertz CT molecular complexity index is 2050. The van der Waals surface area contributed by atoms with Crippen LogP contribution < -0.4 is 20.3 Å². The lowest BCUT2D eigenvalue weighted by Crippen LogP contribution is -2.54. The highest BCUT2D eigenvalue weighted by Gasteiger charge is 2.45. The van der Waals surface area contributed by atoms with Crippen LogP contribution in [0, 0.1) is 12.5 Å². The number of imide groups is 2. The summed E-state index contributed by atoms with van der Waals surface area (Å²) >= 11 is 6.19. The fraction of sp³-hybridized carbons (Fsp3) is 0.415. The van der Waals surface area contributed by atoms with Crippen molar-refractivity contribution in [3.8, 4) is 5.75 Å². The maximum absolute atomic E-state index is 13.3. The molecule has 3 fully saturated rings. The first-order valence-corrected chi connectivity index (χ1v) is 19.0. The van der Waals surface area contributed by atoms with E-state index in [4.69, 9.17) is 22.9 Å². The number of anilines is 1. The van der Waals surface area contributed by atoms with Crippen molar-refractivity contribution < 1.29 is 28.7 Å². The molecule has 4 heterocycles. The smallest absolute Gasteiger partial charge is 0.262 e. The Morgan fingerprint density at radius 1 is 0.907 bits per heavy atom. The maximum Gasteiger partial charge on any atom is 0.262 e. The summed E-state index contributed by atoms with van der Waals surface area (Å²) in [6.45, 7) is 12.4. The van der Waals surface area contributed by atoms with Gasteiger partial charge in [-0.25, -0.2) is 4.85 Å². The van der Waals surface area contributed by atoms with E-state index in [0.29, 0.717) is 52.3 Å². The number of benzene rings is 3. The molecule has 8 rings (SSSR count). The van der Waals surface area contributed by atoms with Crippen molar-refractivity contribution in [1.82, 2.24) is 20.4 Å². The first-order chi connectivity index (χ1) is 26.1. The first kappa shape index (κ1) is 35.8. The Morgan fingerprint density at radius 2 is 1.59 bits per heavy atom. The number of carbonyl (C=O) groups is 5. The van der Waals surface area contributed by atoms with Crippen molar-refractivity contribution in [3.63, 3.8) is 0 Å². The molecular weight excluding hydrogens is 708 g/mol. The van der Waals surface area contributed by atoms with Gasteiger partial charge in [-0.3, -0.25) is 39.1 Å². The van der Waals surface area contributed by atoms with Gasteiger partial charge in [-0.05, 0) is 104 Å². The van der Waals surface area contributed by atoms with E-state index in [9.17, 15) is 24.0 Å². The van der Waals surface area contributed by atoms with Crippen molar-refractivity contribution in [1.29, 1.82) is 0 Å². The lowest BCUT2D eigenvalue weighted by molar-refractivity contribution is -0.136. The van der Waals surface area contributed by atoms with Crippen LogP contribution in [0.3, 0.4) is 0 Å². The maximum atomic E-state index is 13.3. The number of piperidine rings is 2. The monoisotopic (exact) mass is 748 g/mol. The van der Waals surface area contributed by atoms with Gasteiger partial charge in [0.25, 0.3) is 17.7 Å². The second-order valence-electron chi connectivity index (χ2n) is 15.1. The van der Waals surface area contributed by atoms with Gasteiger partial charge in [0.2, 0.25) is 17.5 Å². The molecule has 278 valence electrons. The number of hydrogen-bond acceptors (Lipinski definition) is 8. The predicted molar refractivity (Wildman–Crippen MR) is 200 cm³/mol. The van der Waals surface area contributed by atoms with Crippen LogP contribution in [0.2, 0.25) is 5.02 Å². The molecule has 5 amide bonds. The molecule has 0 bridgehead atoms. The topological polar surface area (TPSA) is 133 Å². The molecule has 5 aliphatic rings. The number of nitrogens with one attached hydrogen (secondary N) is 2. The molecule has 0 radical (unpaired) electrons. The van der Waals surface area contributed by atoms with Gasteiger partial charge in [-0.15, -0.1) is 0 Å². The van der Waals surface area contributed by atoms with Gasteiger partial charge in [0.1, 0.15) is 17.9 Å². The van der Waals surface area contributed by atoms with Gasteiger partial charge in [-0.1, -0.05) is 24.6 Å². The minimum absolute atomic E-state index is 0.00857. The van der Waals surface area contributed by atoms with Gasteiger partial charge >= 0.3 is 0 Å². The van der Waals surface area contributed by atoms with Crippen LogP contribution in [0.1, 0.15) is 94.1 Å². The largest absolute Gasteiger partial charge is 0.490 e. The molecule has 1 aliphatic carbocycles. The van der Waals surface area contributed by atoms with Crippen molar-refractivity contribution in [3.05, 3.63) is 98.9 Å². The molecule has 2 saturated heterocycles. The Hall–Kier alpha value is -5.25.